The van der Waals surface area contributed by atoms with Crippen molar-refractivity contribution in [2.75, 3.05) is 47.5 Å². The Kier molecular flexibility index (Phi) is 47.6. The van der Waals surface area contributed by atoms with Crippen LogP contribution in [-0.2, 0) is 32.7 Å². The summed E-state index contributed by atoms with van der Waals surface area (Å²) in [6.45, 7) is 4.12. The van der Waals surface area contributed by atoms with Gasteiger partial charge in [-0.05, 0) is 83.5 Å². The van der Waals surface area contributed by atoms with Gasteiger partial charge < -0.3 is 27.9 Å². The maximum absolute atomic E-state index is 12.8. The summed E-state index contributed by atoms with van der Waals surface area (Å²) >= 11 is 0. The van der Waals surface area contributed by atoms with Gasteiger partial charge in [0.25, 0.3) is 7.82 Å². The molecule has 0 fully saturated rings. The quantitative estimate of drug-likeness (QED) is 0.0195. The van der Waals surface area contributed by atoms with Crippen LogP contribution in [0.25, 0.3) is 0 Å². The van der Waals surface area contributed by atoms with Crippen LogP contribution in [0, 0.1) is 0 Å². The van der Waals surface area contributed by atoms with Crippen molar-refractivity contribution in [2.45, 2.75) is 238 Å². The Morgan fingerprint density at radius 2 is 0.838 bits per heavy atom. The van der Waals surface area contributed by atoms with E-state index in [2.05, 4.69) is 86.8 Å². The normalized spacial score (nSPS) is 13.9. The molecule has 0 rings (SSSR count). The van der Waals surface area contributed by atoms with E-state index in [4.69, 9.17) is 18.5 Å². The third-order valence-electron chi connectivity index (χ3n) is 11.7. The fraction of sp³-hybridized carbons (Fsp3) is 0.759. The van der Waals surface area contributed by atoms with Crippen LogP contribution < -0.4 is 4.89 Å². The van der Waals surface area contributed by atoms with E-state index in [1.165, 1.54) is 122 Å². The highest BCUT2D eigenvalue weighted by atomic mass is 31.2. The van der Waals surface area contributed by atoms with E-state index in [9.17, 15) is 19.0 Å². The van der Waals surface area contributed by atoms with E-state index in [0.29, 0.717) is 17.4 Å². The SMILES string of the molecule is CC/C=C\C/C=C\C/C=C\C/C=C\C/C=C\CCCCCCCCCCCC(=O)OC(COC(=O)CCCCCCCCCCC/C=C\CCCCCCCC)COP(=O)([O-])OCC[N+](C)(C)C. The van der Waals surface area contributed by atoms with Crippen LogP contribution in [0.2, 0.25) is 0 Å². The van der Waals surface area contributed by atoms with E-state index < -0.39 is 26.5 Å². The van der Waals surface area contributed by atoms with Crippen molar-refractivity contribution in [2.24, 2.45) is 0 Å². The van der Waals surface area contributed by atoms with Crippen LogP contribution >= 0.6 is 7.82 Å². The average Bonchev–Trinajstić information content (AvgIpc) is 3.30. The molecule has 9 nitrogen and oxygen atoms in total. The van der Waals surface area contributed by atoms with Crippen molar-refractivity contribution < 1.29 is 42.1 Å². The van der Waals surface area contributed by atoms with Gasteiger partial charge in [0.05, 0.1) is 27.7 Å². The second-order valence-electron chi connectivity index (χ2n) is 19.6. The van der Waals surface area contributed by atoms with Gasteiger partial charge in [-0.3, -0.25) is 14.2 Å². The van der Waals surface area contributed by atoms with Crippen molar-refractivity contribution in [3.05, 3.63) is 72.9 Å². The first-order chi connectivity index (χ1) is 33.0. The molecule has 394 valence electrons. The third kappa shape index (κ3) is 52.8. The number of carbonyl (C=O) groups excluding carboxylic acids is 2. The second kappa shape index (κ2) is 49.4. The monoisotopic (exact) mass is 974 g/mol. The molecule has 0 bridgehead atoms. The Hall–Kier alpha value is -2.55. The fourth-order valence-electron chi connectivity index (χ4n) is 7.44. The van der Waals surface area contributed by atoms with Gasteiger partial charge >= 0.3 is 11.9 Å². The van der Waals surface area contributed by atoms with E-state index >= 15 is 0 Å². The number of allylic oxidation sites excluding steroid dienone is 12. The molecule has 68 heavy (non-hydrogen) atoms. The summed E-state index contributed by atoms with van der Waals surface area (Å²) < 4.78 is 34.1. The molecule has 0 aliphatic rings. The topological polar surface area (TPSA) is 111 Å². The standard InChI is InChI=1S/C58H104NO8P/c1-6-8-10-12-14-16-18-20-22-24-26-27-28-29-30-31-33-35-37-39-41-43-45-47-49-51-58(61)67-56(55-66-68(62,63)65-53-52-59(3,4)5)54-64-57(60)50-48-46-44-42-40-38-36-34-32-25-23-21-19-17-15-13-11-9-7-2/h8,10,14,16,20-23,26-27,29-30,56H,6-7,9,11-13,15,17-19,24-25,28,31-55H2,1-5H3/b10-8-,16-14-,22-20-,23-21-,27-26-,30-29-. The molecule has 0 aromatic carbocycles. The van der Waals surface area contributed by atoms with Gasteiger partial charge in [-0.25, -0.2) is 0 Å². The molecule has 10 heteroatoms. The Morgan fingerprint density at radius 3 is 1.26 bits per heavy atom. The first kappa shape index (κ1) is 65.5. The molecule has 2 atom stereocenters. The van der Waals surface area contributed by atoms with Gasteiger partial charge in [0.2, 0.25) is 0 Å². The number of phosphoric acid groups is 1. The highest BCUT2D eigenvalue weighted by molar-refractivity contribution is 7.45. The second-order valence-corrected chi connectivity index (χ2v) is 21.0. The Morgan fingerprint density at radius 1 is 0.471 bits per heavy atom. The van der Waals surface area contributed by atoms with E-state index in [-0.39, 0.29) is 32.0 Å². The molecule has 2 unspecified atom stereocenters. The fourth-order valence-corrected chi connectivity index (χ4v) is 8.17. The predicted molar refractivity (Wildman–Crippen MR) is 286 cm³/mol. The minimum atomic E-state index is -4.64. The lowest BCUT2D eigenvalue weighted by atomic mass is 10.1. The summed E-state index contributed by atoms with van der Waals surface area (Å²) in [7, 11) is 1.16. The first-order valence-corrected chi connectivity index (χ1v) is 29.1. The number of hydrogen-bond donors (Lipinski definition) is 0. The lowest BCUT2D eigenvalue weighted by Gasteiger charge is -2.28. The third-order valence-corrected chi connectivity index (χ3v) is 12.7. The summed E-state index contributed by atoms with van der Waals surface area (Å²) in [6, 6.07) is 0. The molecule has 0 amide bonds. The number of esters is 2. The molecule has 0 aromatic rings. The number of unbranched alkanes of at least 4 members (excludes halogenated alkanes) is 24. The molecule has 0 radical (unpaired) electrons. The molecule has 0 aliphatic carbocycles. The molecule has 0 aliphatic heterocycles. The molecule has 0 aromatic heterocycles. The van der Waals surface area contributed by atoms with Crippen LogP contribution in [-0.4, -0.2) is 70.0 Å². The number of hydrogen-bond acceptors (Lipinski definition) is 8. The number of ether oxygens (including phenoxy) is 2. The minimum absolute atomic E-state index is 0.0349. The highest BCUT2D eigenvalue weighted by Gasteiger charge is 2.21. The number of quaternary nitrogens is 1. The number of phosphoric ester groups is 1. The molecule has 0 spiro atoms. The zero-order valence-corrected chi connectivity index (χ0v) is 45.4. The zero-order valence-electron chi connectivity index (χ0n) is 44.5. The van der Waals surface area contributed by atoms with Crippen molar-refractivity contribution in [1.82, 2.24) is 0 Å². The van der Waals surface area contributed by atoms with Gasteiger partial charge in [-0.15, -0.1) is 0 Å². The summed E-state index contributed by atoms with van der Waals surface area (Å²) in [5.41, 5.74) is 0. The number of carbonyl (C=O) groups is 2. The van der Waals surface area contributed by atoms with Crippen LogP contribution in [0.15, 0.2) is 72.9 Å². The predicted octanol–water partition coefficient (Wildman–Crippen LogP) is 16.3. The Bertz CT molecular complexity index is 1380. The van der Waals surface area contributed by atoms with Crippen LogP contribution in [0.5, 0.6) is 0 Å². The lowest BCUT2D eigenvalue weighted by Crippen LogP contribution is -2.37. The van der Waals surface area contributed by atoms with Crippen LogP contribution in [0.1, 0.15) is 232 Å². The van der Waals surface area contributed by atoms with E-state index in [0.717, 1.165) is 77.0 Å². The molecular formula is C58H104NO8P. The van der Waals surface area contributed by atoms with E-state index in [1.54, 1.807) is 0 Å². The van der Waals surface area contributed by atoms with Crippen LogP contribution in [0.3, 0.4) is 0 Å². The summed E-state index contributed by atoms with van der Waals surface area (Å²) in [5.74, 6) is -0.841. The molecular weight excluding hydrogens is 870 g/mol. The lowest BCUT2D eigenvalue weighted by molar-refractivity contribution is -0.870. The molecule has 0 heterocycles. The summed E-state index contributed by atoms with van der Waals surface area (Å²) in [5, 5.41) is 0. The van der Waals surface area contributed by atoms with Crippen molar-refractivity contribution in [3.8, 4) is 0 Å². The smallest absolute Gasteiger partial charge is 0.306 e. The first-order valence-electron chi connectivity index (χ1n) is 27.6. The van der Waals surface area contributed by atoms with Crippen LogP contribution in [0.4, 0.5) is 0 Å². The van der Waals surface area contributed by atoms with Crippen molar-refractivity contribution in [1.29, 1.82) is 0 Å². The maximum Gasteiger partial charge on any atom is 0.306 e. The van der Waals surface area contributed by atoms with Crippen molar-refractivity contribution >= 4 is 19.8 Å². The van der Waals surface area contributed by atoms with E-state index in [1.807, 2.05) is 21.1 Å². The molecule has 0 N–H and O–H groups in total. The van der Waals surface area contributed by atoms with Gasteiger partial charge in [0.1, 0.15) is 19.8 Å². The van der Waals surface area contributed by atoms with Gasteiger partial charge in [0.15, 0.2) is 6.10 Å². The molecule has 0 saturated carbocycles. The zero-order chi connectivity index (χ0) is 49.9. The number of likely N-dealkylation sites (N-methyl/N-ethyl adjacent to an activating group) is 1. The largest absolute Gasteiger partial charge is 0.756 e. The van der Waals surface area contributed by atoms with Gasteiger partial charge in [-0.2, -0.15) is 0 Å². The van der Waals surface area contributed by atoms with Gasteiger partial charge in [0, 0.05) is 12.8 Å². The number of rotatable bonds is 50. The molecule has 0 saturated heterocycles. The summed E-state index contributed by atoms with van der Waals surface area (Å²) in [4.78, 5) is 37.8. The van der Waals surface area contributed by atoms with Crippen molar-refractivity contribution in [3.63, 3.8) is 0 Å². The van der Waals surface area contributed by atoms with Gasteiger partial charge in [-0.1, -0.05) is 209 Å². The average molecular weight is 974 g/mol. The Balaban J connectivity index is 4.22. The maximum atomic E-state index is 12.8. The highest BCUT2D eigenvalue weighted by Crippen LogP contribution is 2.38. The number of nitrogens with zero attached hydrogens (tertiary/aromatic N) is 1. The Labute approximate surface area is 418 Å². The minimum Gasteiger partial charge on any atom is -0.756 e. The summed E-state index contributed by atoms with van der Waals surface area (Å²) in [6.07, 6.45) is 63.6.